The average molecular weight is 299 g/mol. The molecular formula is C15H17N5S. The molecular weight excluding hydrogens is 282 g/mol. The number of hydrogen-bond acceptors (Lipinski definition) is 5. The molecule has 0 radical (unpaired) electrons. The summed E-state index contributed by atoms with van der Waals surface area (Å²) in [4.78, 5) is 7.30. The first kappa shape index (κ1) is 13.9. The lowest BCUT2D eigenvalue weighted by atomic mass is 10.3. The van der Waals surface area contributed by atoms with Gasteiger partial charge in [0.2, 0.25) is 0 Å². The lowest BCUT2D eigenvalue weighted by Crippen LogP contribution is -2.16. The largest absolute Gasteiger partial charge is 0.310 e. The minimum absolute atomic E-state index is 0.311. The van der Waals surface area contributed by atoms with Gasteiger partial charge in [-0.05, 0) is 25.6 Å². The van der Waals surface area contributed by atoms with Gasteiger partial charge in [-0.2, -0.15) is 9.90 Å². The summed E-state index contributed by atoms with van der Waals surface area (Å²) < 4.78 is 0. The lowest BCUT2D eigenvalue weighted by Gasteiger charge is -2.07. The molecule has 1 aromatic carbocycles. The van der Waals surface area contributed by atoms with Crippen LogP contribution in [0, 0.1) is 0 Å². The molecule has 2 aromatic heterocycles. The predicted molar refractivity (Wildman–Crippen MR) is 84.6 cm³/mol. The minimum Gasteiger partial charge on any atom is -0.310 e. The fourth-order valence-corrected chi connectivity index (χ4v) is 2.95. The normalized spacial score (nSPS) is 12.5. The number of hydrogen-bond donors (Lipinski definition) is 1. The zero-order valence-corrected chi connectivity index (χ0v) is 12.8. The third-order valence-corrected chi connectivity index (χ3v) is 4.36. The third-order valence-electron chi connectivity index (χ3n) is 3.16. The van der Waals surface area contributed by atoms with Gasteiger partial charge in [0.1, 0.15) is 10.7 Å². The van der Waals surface area contributed by atoms with E-state index in [9.17, 15) is 0 Å². The van der Waals surface area contributed by atoms with Crippen LogP contribution in [0.3, 0.4) is 0 Å². The van der Waals surface area contributed by atoms with Crippen molar-refractivity contribution in [2.24, 2.45) is 0 Å². The van der Waals surface area contributed by atoms with Crippen molar-refractivity contribution in [1.29, 1.82) is 0 Å². The van der Waals surface area contributed by atoms with Crippen LogP contribution < -0.4 is 5.32 Å². The van der Waals surface area contributed by atoms with Gasteiger partial charge >= 0.3 is 0 Å². The summed E-state index contributed by atoms with van der Waals surface area (Å²) in [5, 5.41) is 13.1. The quantitative estimate of drug-likeness (QED) is 0.786. The zero-order valence-electron chi connectivity index (χ0n) is 12.0. The van der Waals surface area contributed by atoms with E-state index in [-0.39, 0.29) is 0 Å². The van der Waals surface area contributed by atoms with Crippen molar-refractivity contribution in [2.75, 3.05) is 6.54 Å². The van der Waals surface area contributed by atoms with Crippen molar-refractivity contribution < 1.29 is 0 Å². The second kappa shape index (κ2) is 6.15. The summed E-state index contributed by atoms with van der Waals surface area (Å²) in [5.74, 6) is 0. The van der Waals surface area contributed by atoms with Gasteiger partial charge < -0.3 is 5.32 Å². The van der Waals surface area contributed by atoms with Crippen LogP contribution in [-0.2, 0) is 0 Å². The molecule has 5 nitrogen and oxygen atoms in total. The van der Waals surface area contributed by atoms with Gasteiger partial charge in [0, 0.05) is 17.1 Å². The Labute approximate surface area is 127 Å². The van der Waals surface area contributed by atoms with Crippen molar-refractivity contribution >= 4 is 11.3 Å². The molecule has 2 heterocycles. The third kappa shape index (κ3) is 3.01. The number of nitrogens with zero attached hydrogens (tertiary/aromatic N) is 4. The molecule has 0 fully saturated rings. The molecule has 1 atom stereocenters. The molecule has 0 aliphatic heterocycles. The first-order chi connectivity index (χ1) is 10.3. The van der Waals surface area contributed by atoms with E-state index >= 15 is 0 Å². The molecule has 1 unspecified atom stereocenters. The number of thiazole rings is 1. The molecule has 0 bridgehead atoms. The van der Waals surface area contributed by atoms with Crippen LogP contribution in [-0.4, -0.2) is 26.5 Å². The van der Waals surface area contributed by atoms with Gasteiger partial charge in [-0.15, -0.1) is 16.4 Å². The van der Waals surface area contributed by atoms with E-state index < -0.39 is 0 Å². The van der Waals surface area contributed by atoms with Crippen LogP contribution >= 0.6 is 11.3 Å². The standard InChI is InChI=1S/C15H17N5S/c1-3-16-11(2)14-10-17-15(21-14)13-9-18-20(19-13)12-7-5-4-6-8-12/h4-11,16H,3H2,1-2H3. The van der Waals surface area contributed by atoms with Crippen molar-refractivity contribution in [3.63, 3.8) is 0 Å². The number of rotatable bonds is 5. The van der Waals surface area contributed by atoms with Gasteiger partial charge in [-0.25, -0.2) is 4.98 Å². The van der Waals surface area contributed by atoms with E-state index in [1.54, 1.807) is 22.3 Å². The van der Waals surface area contributed by atoms with Gasteiger partial charge in [0.15, 0.2) is 0 Å². The van der Waals surface area contributed by atoms with Crippen LogP contribution in [0.15, 0.2) is 42.7 Å². The molecule has 21 heavy (non-hydrogen) atoms. The Balaban J connectivity index is 1.84. The molecule has 0 aliphatic rings. The Bertz CT molecular complexity index is 704. The van der Waals surface area contributed by atoms with Gasteiger partial charge in [-0.3, -0.25) is 0 Å². The first-order valence-electron chi connectivity index (χ1n) is 6.95. The smallest absolute Gasteiger partial charge is 0.145 e. The molecule has 0 amide bonds. The second-order valence-electron chi connectivity index (χ2n) is 4.70. The Morgan fingerprint density at radius 2 is 2.05 bits per heavy atom. The second-order valence-corrected chi connectivity index (χ2v) is 5.76. The van der Waals surface area contributed by atoms with Crippen molar-refractivity contribution in [2.45, 2.75) is 19.9 Å². The fourth-order valence-electron chi connectivity index (χ4n) is 2.06. The number of benzene rings is 1. The van der Waals surface area contributed by atoms with Crippen molar-refractivity contribution in [1.82, 2.24) is 25.3 Å². The van der Waals surface area contributed by atoms with Crippen LogP contribution in [0.25, 0.3) is 16.4 Å². The van der Waals surface area contributed by atoms with E-state index in [0.29, 0.717) is 6.04 Å². The first-order valence-corrected chi connectivity index (χ1v) is 7.77. The van der Waals surface area contributed by atoms with E-state index in [1.165, 1.54) is 4.88 Å². The molecule has 3 aromatic rings. The average Bonchev–Trinajstić information content (AvgIpc) is 3.17. The molecule has 1 N–H and O–H groups in total. The highest BCUT2D eigenvalue weighted by Gasteiger charge is 2.13. The SMILES string of the molecule is CCNC(C)c1cnc(-c2cnn(-c3ccccc3)n2)s1. The van der Waals surface area contributed by atoms with Crippen molar-refractivity contribution in [3.8, 4) is 16.4 Å². The highest BCUT2D eigenvalue weighted by atomic mass is 32.1. The Hall–Kier alpha value is -2.05. The van der Waals surface area contributed by atoms with E-state index in [2.05, 4.69) is 34.3 Å². The van der Waals surface area contributed by atoms with Crippen LogP contribution in [0.1, 0.15) is 24.8 Å². The molecule has 0 saturated heterocycles. The van der Waals surface area contributed by atoms with Gasteiger partial charge in [-0.1, -0.05) is 25.1 Å². The summed E-state index contributed by atoms with van der Waals surface area (Å²) in [6.07, 6.45) is 3.67. The Morgan fingerprint density at radius 3 is 2.81 bits per heavy atom. The molecule has 0 aliphatic carbocycles. The van der Waals surface area contributed by atoms with E-state index in [0.717, 1.165) is 22.9 Å². The molecule has 0 saturated carbocycles. The number of para-hydroxylation sites is 1. The minimum atomic E-state index is 0.311. The van der Waals surface area contributed by atoms with E-state index in [1.807, 2.05) is 36.5 Å². The summed E-state index contributed by atoms with van der Waals surface area (Å²) in [5.41, 5.74) is 1.75. The van der Waals surface area contributed by atoms with Gasteiger partial charge in [0.25, 0.3) is 0 Å². The van der Waals surface area contributed by atoms with Crippen LogP contribution in [0.4, 0.5) is 0 Å². The maximum atomic E-state index is 4.50. The summed E-state index contributed by atoms with van der Waals surface area (Å²) in [6.45, 7) is 5.18. The maximum Gasteiger partial charge on any atom is 0.145 e. The topological polar surface area (TPSA) is 55.6 Å². The van der Waals surface area contributed by atoms with Crippen molar-refractivity contribution in [3.05, 3.63) is 47.6 Å². The molecule has 0 spiro atoms. The highest BCUT2D eigenvalue weighted by Crippen LogP contribution is 2.27. The summed E-state index contributed by atoms with van der Waals surface area (Å²) in [7, 11) is 0. The zero-order chi connectivity index (χ0) is 14.7. The Morgan fingerprint density at radius 1 is 1.24 bits per heavy atom. The summed E-state index contributed by atoms with van der Waals surface area (Å²) >= 11 is 1.65. The number of nitrogens with one attached hydrogen (secondary N) is 1. The van der Waals surface area contributed by atoms with E-state index in [4.69, 9.17) is 0 Å². The van der Waals surface area contributed by atoms with Gasteiger partial charge in [0.05, 0.1) is 11.9 Å². The van der Waals surface area contributed by atoms with Crippen LogP contribution in [0.5, 0.6) is 0 Å². The molecule has 6 heteroatoms. The predicted octanol–water partition coefficient (Wildman–Crippen LogP) is 3.06. The number of aromatic nitrogens is 4. The Kier molecular flexibility index (Phi) is 4.08. The monoisotopic (exact) mass is 299 g/mol. The maximum absolute atomic E-state index is 4.50. The lowest BCUT2D eigenvalue weighted by molar-refractivity contribution is 0.606. The van der Waals surface area contributed by atoms with Crippen LogP contribution in [0.2, 0.25) is 0 Å². The molecule has 3 rings (SSSR count). The molecule has 108 valence electrons. The summed E-state index contributed by atoms with van der Waals surface area (Å²) in [6, 6.07) is 10.2. The highest BCUT2D eigenvalue weighted by molar-refractivity contribution is 7.15. The fraction of sp³-hybridized carbons (Fsp3) is 0.267.